The zero-order valence-electron chi connectivity index (χ0n) is 13.9. The molecule has 0 bridgehead atoms. The summed E-state index contributed by atoms with van der Waals surface area (Å²) >= 11 is 11.5. The van der Waals surface area contributed by atoms with Gasteiger partial charge in [-0.1, -0.05) is 24.6 Å². The standard InChI is InChI=1S/C17H18ClN5OS/c1-3-15-20-22(17(25)23(15)21-8-4-5-9-21)11-16(24)19-14-10-13(18)7-6-12(14)2/h4-10H,3,11H2,1-2H3,(H,19,24). The smallest absolute Gasteiger partial charge is 0.246 e. The molecule has 0 atom stereocenters. The maximum Gasteiger partial charge on any atom is 0.246 e. The van der Waals surface area contributed by atoms with E-state index in [9.17, 15) is 4.79 Å². The molecule has 0 saturated carbocycles. The average Bonchev–Trinajstić information content (AvgIpc) is 3.19. The van der Waals surface area contributed by atoms with Gasteiger partial charge in [-0.3, -0.25) is 9.47 Å². The summed E-state index contributed by atoms with van der Waals surface area (Å²) in [5.74, 6) is 0.578. The summed E-state index contributed by atoms with van der Waals surface area (Å²) in [5, 5.41) is 7.91. The van der Waals surface area contributed by atoms with Crippen LogP contribution in [0.3, 0.4) is 0 Å². The molecule has 3 aromatic rings. The second-order valence-corrected chi connectivity index (χ2v) is 6.39. The Morgan fingerprint density at radius 2 is 2.04 bits per heavy atom. The first kappa shape index (κ1) is 17.4. The van der Waals surface area contributed by atoms with E-state index in [0.29, 0.717) is 21.9 Å². The van der Waals surface area contributed by atoms with Crippen molar-refractivity contribution in [2.24, 2.45) is 0 Å². The monoisotopic (exact) mass is 375 g/mol. The number of nitrogens with zero attached hydrogens (tertiary/aromatic N) is 4. The first-order chi connectivity index (χ1) is 12.0. The number of carbonyl (C=O) groups is 1. The van der Waals surface area contributed by atoms with Crippen molar-refractivity contribution in [1.29, 1.82) is 0 Å². The van der Waals surface area contributed by atoms with Crippen molar-refractivity contribution in [2.75, 3.05) is 5.32 Å². The average molecular weight is 376 g/mol. The molecule has 130 valence electrons. The van der Waals surface area contributed by atoms with E-state index < -0.39 is 0 Å². The van der Waals surface area contributed by atoms with Gasteiger partial charge < -0.3 is 5.32 Å². The van der Waals surface area contributed by atoms with E-state index in [1.54, 1.807) is 12.1 Å². The van der Waals surface area contributed by atoms with Crippen molar-refractivity contribution < 1.29 is 4.79 Å². The van der Waals surface area contributed by atoms with Gasteiger partial charge in [-0.25, -0.2) is 9.36 Å². The zero-order chi connectivity index (χ0) is 18.0. The Morgan fingerprint density at radius 1 is 1.32 bits per heavy atom. The minimum Gasteiger partial charge on any atom is -0.324 e. The van der Waals surface area contributed by atoms with Gasteiger partial charge in [0, 0.05) is 29.5 Å². The van der Waals surface area contributed by atoms with Crippen LogP contribution in [-0.4, -0.2) is 25.0 Å². The SMILES string of the molecule is CCc1nn(CC(=O)Nc2cc(Cl)ccc2C)c(=S)n1-n1cccc1. The third-order valence-electron chi connectivity index (χ3n) is 3.79. The number of hydrogen-bond acceptors (Lipinski definition) is 3. The molecule has 3 rings (SSSR count). The Balaban J connectivity index is 1.85. The van der Waals surface area contributed by atoms with Crippen LogP contribution in [0.2, 0.25) is 5.02 Å². The van der Waals surface area contributed by atoms with Gasteiger partial charge in [0.2, 0.25) is 10.7 Å². The third kappa shape index (κ3) is 3.67. The first-order valence-electron chi connectivity index (χ1n) is 7.88. The third-order valence-corrected chi connectivity index (χ3v) is 4.40. The number of carbonyl (C=O) groups excluding carboxylic acids is 1. The van der Waals surface area contributed by atoms with Crippen LogP contribution in [0.1, 0.15) is 18.3 Å². The molecule has 0 fully saturated rings. The summed E-state index contributed by atoms with van der Waals surface area (Å²) in [7, 11) is 0. The second kappa shape index (κ2) is 7.25. The molecule has 0 spiro atoms. The summed E-state index contributed by atoms with van der Waals surface area (Å²) in [6, 6.07) is 9.19. The molecule has 0 radical (unpaired) electrons. The Bertz CT molecular complexity index is 958. The van der Waals surface area contributed by atoms with Crippen LogP contribution in [0.15, 0.2) is 42.7 Å². The molecule has 0 aliphatic rings. The summed E-state index contributed by atoms with van der Waals surface area (Å²) in [5.41, 5.74) is 1.62. The van der Waals surface area contributed by atoms with E-state index in [2.05, 4.69) is 10.4 Å². The number of anilines is 1. The molecule has 6 nitrogen and oxygen atoms in total. The molecule has 0 saturated heterocycles. The summed E-state index contributed by atoms with van der Waals surface area (Å²) in [6.07, 6.45) is 4.47. The molecular formula is C17H18ClN5OS. The van der Waals surface area contributed by atoms with Crippen molar-refractivity contribution in [3.05, 3.63) is 63.9 Å². The minimum atomic E-state index is -0.207. The van der Waals surface area contributed by atoms with E-state index in [1.165, 1.54) is 4.68 Å². The molecular weight excluding hydrogens is 358 g/mol. The number of aryl methyl sites for hydroxylation is 2. The van der Waals surface area contributed by atoms with Crippen LogP contribution in [0.4, 0.5) is 5.69 Å². The van der Waals surface area contributed by atoms with E-state index in [-0.39, 0.29) is 12.5 Å². The molecule has 8 heteroatoms. The predicted octanol–water partition coefficient (Wildman–Crippen LogP) is 3.69. The summed E-state index contributed by atoms with van der Waals surface area (Å²) in [4.78, 5) is 12.4. The van der Waals surface area contributed by atoms with Gasteiger partial charge in [0.25, 0.3) is 0 Å². The Morgan fingerprint density at radius 3 is 2.72 bits per heavy atom. The highest BCUT2D eigenvalue weighted by Gasteiger charge is 2.14. The highest BCUT2D eigenvalue weighted by molar-refractivity contribution is 7.71. The van der Waals surface area contributed by atoms with Gasteiger partial charge in [0.1, 0.15) is 6.54 Å². The van der Waals surface area contributed by atoms with Gasteiger partial charge in [-0.15, -0.1) is 0 Å². The fraction of sp³-hybridized carbons (Fsp3) is 0.235. The molecule has 1 amide bonds. The number of benzene rings is 1. The molecule has 2 heterocycles. The molecule has 0 unspecified atom stereocenters. The number of aromatic nitrogens is 4. The van der Waals surface area contributed by atoms with Crippen molar-refractivity contribution in [3.8, 4) is 0 Å². The normalized spacial score (nSPS) is 10.8. The second-order valence-electron chi connectivity index (χ2n) is 5.59. The highest BCUT2D eigenvalue weighted by Crippen LogP contribution is 2.20. The van der Waals surface area contributed by atoms with Crippen LogP contribution in [0.5, 0.6) is 0 Å². The van der Waals surface area contributed by atoms with Gasteiger partial charge >= 0.3 is 0 Å². The number of rotatable bonds is 5. The van der Waals surface area contributed by atoms with E-state index in [4.69, 9.17) is 23.8 Å². The van der Waals surface area contributed by atoms with Gasteiger partial charge in [0.05, 0.1) is 0 Å². The largest absolute Gasteiger partial charge is 0.324 e. The molecule has 2 aromatic heterocycles. The van der Waals surface area contributed by atoms with E-state index >= 15 is 0 Å². The lowest BCUT2D eigenvalue weighted by Gasteiger charge is -2.09. The predicted molar refractivity (Wildman–Crippen MR) is 100 cm³/mol. The van der Waals surface area contributed by atoms with Gasteiger partial charge in [0.15, 0.2) is 5.82 Å². The van der Waals surface area contributed by atoms with Crippen molar-refractivity contribution in [1.82, 2.24) is 19.1 Å². The summed E-state index contributed by atoms with van der Waals surface area (Å²) < 4.78 is 5.66. The van der Waals surface area contributed by atoms with Crippen molar-refractivity contribution in [2.45, 2.75) is 26.8 Å². The van der Waals surface area contributed by atoms with E-state index in [0.717, 1.165) is 11.4 Å². The lowest BCUT2D eigenvalue weighted by Crippen LogP contribution is -2.20. The number of nitrogens with one attached hydrogen (secondary N) is 1. The number of halogens is 1. The Labute approximate surface area is 155 Å². The molecule has 0 aliphatic heterocycles. The number of hydrogen-bond donors (Lipinski definition) is 1. The van der Waals surface area contributed by atoms with E-state index in [1.807, 2.05) is 53.8 Å². The maximum absolute atomic E-state index is 12.4. The van der Waals surface area contributed by atoms with Crippen LogP contribution in [-0.2, 0) is 17.8 Å². The fourth-order valence-corrected chi connectivity index (χ4v) is 2.99. The number of amides is 1. The lowest BCUT2D eigenvalue weighted by atomic mass is 10.2. The molecule has 25 heavy (non-hydrogen) atoms. The fourth-order valence-electron chi connectivity index (χ4n) is 2.51. The van der Waals surface area contributed by atoms with Crippen LogP contribution in [0.25, 0.3) is 0 Å². The Hall–Kier alpha value is -2.38. The van der Waals surface area contributed by atoms with Crippen molar-refractivity contribution >= 4 is 35.4 Å². The van der Waals surface area contributed by atoms with Gasteiger partial charge in [-0.2, -0.15) is 5.10 Å². The van der Waals surface area contributed by atoms with Crippen LogP contribution in [0, 0.1) is 11.7 Å². The van der Waals surface area contributed by atoms with Gasteiger partial charge in [-0.05, 0) is 49.0 Å². The molecule has 1 aromatic carbocycles. The minimum absolute atomic E-state index is 0.0338. The molecule has 1 N–H and O–H groups in total. The highest BCUT2D eigenvalue weighted by atomic mass is 35.5. The molecule has 0 aliphatic carbocycles. The first-order valence-corrected chi connectivity index (χ1v) is 8.66. The van der Waals surface area contributed by atoms with Crippen molar-refractivity contribution in [3.63, 3.8) is 0 Å². The zero-order valence-corrected chi connectivity index (χ0v) is 15.5. The maximum atomic E-state index is 12.4. The quantitative estimate of drug-likeness (QED) is 0.692. The lowest BCUT2D eigenvalue weighted by molar-refractivity contribution is -0.116. The summed E-state index contributed by atoms with van der Waals surface area (Å²) in [6.45, 7) is 3.94. The van der Waals surface area contributed by atoms with Crippen LogP contribution < -0.4 is 5.32 Å². The van der Waals surface area contributed by atoms with Crippen LogP contribution >= 0.6 is 23.8 Å². The topological polar surface area (TPSA) is 56.8 Å². The Kier molecular flexibility index (Phi) is 5.06.